The van der Waals surface area contributed by atoms with Gasteiger partial charge in [0.25, 0.3) is 0 Å². The van der Waals surface area contributed by atoms with Gasteiger partial charge in [-0.25, -0.2) is 0 Å². The first-order valence-corrected chi connectivity index (χ1v) is 6.58. The SMILES string of the molecule is CC(C)N1C(=O)[C@@H](C)S[C@H]1c1ccccc1. The van der Waals surface area contributed by atoms with E-state index >= 15 is 0 Å². The van der Waals surface area contributed by atoms with Crippen LogP contribution in [0.1, 0.15) is 31.7 Å². The number of nitrogens with zero attached hydrogens (tertiary/aromatic N) is 1. The fourth-order valence-electron chi connectivity index (χ4n) is 2.02. The van der Waals surface area contributed by atoms with Crippen molar-refractivity contribution in [3.05, 3.63) is 35.9 Å². The van der Waals surface area contributed by atoms with Crippen LogP contribution in [-0.4, -0.2) is 22.1 Å². The van der Waals surface area contributed by atoms with Gasteiger partial charge in [-0.2, -0.15) is 0 Å². The highest BCUT2D eigenvalue weighted by atomic mass is 32.2. The maximum absolute atomic E-state index is 12.0. The topological polar surface area (TPSA) is 20.3 Å². The Kier molecular flexibility index (Phi) is 3.24. The summed E-state index contributed by atoms with van der Waals surface area (Å²) in [7, 11) is 0. The molecule has 1 aliphatic heterocycles. The Morgan fingerprint density at radius 3 is 2.44 bits per heavy atom. The van der Waals surface area contributed by atoms with Gasteiger partial charge in [-0.15, -0.1) is 11.8 Å². The molecule has 0 bridgehead atoms. The van der Waals surface area contributed by atoms with Crippen LogP contribution < -0.4 is 0 Å². The van der Waals surface area contributed by atoms with E-state index in [-0.39, 0.29) is 22.6 Å². The van der Waals surface area contributed by atoms with Gasteiger partial charge >= 0.3 is 0 Å². The number of hydrogen-bond donors (Lipinski definition) is 0. The predicted octanol–water partition coefficient (Wildman–Crippen LogP) is 3.06. The molecule has 0 spiro atoms. The molecule has 1 aromatic carbocycles. The van der Waals surface area contributed by atoms with Gasteiger partial charge in [0.05, 0.1) is 5.25 Å². The van der Waals surface area contributed by atoms with Gasteiger partial charge in [-0.05, 0) is 26.3 Å². The fourth-order valence-corrected chi connectivity index (χ4v) is 3.44. The number of carbonyl (C=O) groups is 1. The fraction of sp³-hybridized carbons (Fsp3) is 0.462. The number of benzene rings is 1. The van der Waals surface area contributed by atoms with Gasteiger partial charge in [0.2, 0.25) is 5.91 Å². The Morgan fingerprint density at radius 2 is 1.88 bits per heavy atom. The van der Waals surface area contributed by atoms with Crippen molar-refractivity contribution in [2.75, 3.05) is 0 Å². The van der Waals surface area contributed by atoms with Gasteiger partial charge in [-0.3, -0.25) is 4.79 Å². The van der Waals surface area contributed by atoms with Crippen LogP contribution in [0.2, 0.25) is 0 Å². The summed E-state index contributed by atoms with van der Waals surface area (Å²) in [6.07, 6.45) is 0. The predicted molar refractivity (Wildman–Crippen MR) is 68.2 cm³/mol. The number of hydrogen-bond acceptors (Lipinski definition) is 2. The quantitative estimate of drug-likeness (QED) is 0.785. The van der Waals surface area contributed by atoms with Crippen molar-refractivity contribution >= 4 is 17.7 Å². The number of amides is 1. The summed E-state index contributed by atoms with van der Waals surface area (Å²) in [5, 5.41) is 0.260. The molecule has 3 heteroatoms. The van der Waals surface area contributed by atoms with E-state index in [2.05, 4.69) is 26.0 Å². The second-order valence-electron chi connectivity index (χ2n) is 4.38. The van der Waals surface area contributed by atoms with Crippen LogP contribution in [0.25, 0.3) is 0 Å². The van der Waals surface area contributed by atoms with Crippen LogP contribution in [0.5, 0.6) is 0 Å². The molecule has 2 rings (SSSR count). The number of rotatable bonds is 2. The summed E-state index contributed by atoms with van der Waals surface area (Å²) >= 11 is 1.74. The first kappa shape index (κ1) is 11.5. The molecule has 0 saturated carbocycles. The van der Waals surface area contributed by atoms with E-state index in [9.17, 15) is 4.79 Å². The maximum atomic E-state index is 12.0. The second kappa shape index (κ2) is 4.50. The Bertz CT molecular complexity index is 377. The van der Waals surface area contributed by atoms with Crippen LogP contribution in [0, 0.1) is 0 Å². The molecule has 1 saturated heterocycles. The van der Waals surface area contributed by atoms with Crippen LogP contribution in [0.15, 0.2) is 30.3 Å². The zero-order valence-corrected chi connectivity index (χ0v) is 10.7. The molecule has 1 heterocycles. The minimum absolute atomic E-state index is 0.0765. The molecule has 0 unspecified atom stereocenters. The van der Waals surface area contributed by atoms with E-state index in [1.165, 1.54) is 5.56 Å². The lowest BCUT2D eigenvalue weighted by molar-refractivity contribution is -0.131. The summed E-state index contributed by atoms with van der Waals surface area (Å²) in [5.74, 6) is 0.258. The van der Waals surface area contributed by atoms with Gasteiger partial charge < -0.3 is 4.90 Å². The molecular formula is C13H17NOS. The molecule has 1 aliphatic rings. The molecule has 16 heavy (non-hydrogen) atoms. The summed E-state index contributed by atoms with van der Waals surface area (Å²) in [4.78, 5) is 14.0. The lowest BCUT2D eigenvalue weighted by atomic mass is 10.2. The molecule has 86 valence electrons. The zero-order valence-electron chi connectivity index (χ0n) is 9.88. The minimum atomic E-state index is 0.0765. The molecule has 1 amide bonds. The third kappa shape index (κ3) is 1.96. The van der Waals surface area contributed by atoms with Crippen LogP contribution in [0.4, 0.5) is 0 Å². The Hall–Kier alpha value is -0.960. The molecule has 0 aliphatic carbocycles. The van der Waals surface area contributed by atoms with Gasteiger partial charge in [-0.1, -0.05) is 30.3 Å². The maximum Gasteiger partial charge on any atom is 0.236 e. The molecular weight excluding hydrogens is 218 g/mol. The van der Waals surface area contributed by atoms with Crippen molar-refractivity contribution < 1.29 is 4.79 Å². The molecule has 1 fully saturated rings. The van der Waals surface area contributed by atoms with Crippen molar-refractivity contribution in [2.45, 2.75) is 37.4 Å². The summed E-state index contributed by atoms with van der Waals surface area (Å²) in [6.45, 7) is 6.14. The van der Waals surface area contributed by atoms with Crippen molar-refractivity contribution in [1.82, 2.24) is 4.90 Å². The molecule has 0 radical (unpaired) electrons. The highest BCUT2D eigenvalue weighted by Gasteiger charge is 2.39. The minimum Gasteiger partial charge on any atom is -0.323 e. The average Bonchev–Trinajstić information content (AvgIpc) is 2.57. The van der Waals surface area contributed by atoms with E-state index < -0.39 is 0 Å². The van der Waals surface area contributed by atoms with E-state index in [1.807, 2.05) is 30.0 Å². The van der Waals surface area contributed by atoms with Crippen molar-refractivity contribution in [1.29, 1.82) is 0 Å². The number of thioether (sulfide) groups is 1. The highest BCUT2D eigenvalue weighted by molar-refractivity contribution is 8.01. The first-order valence-electron chi connectivity index (χ1n) is 5.64. The van der Waals surface area contributed by atoms with Crippen molar-refractivity contribution in [2.24, 2.45) is 0 Å². The average molecular weight is 235 g/mol. The Morgan fingerprint density at radius 1 is 1.25 bits per heavy atom. The van der Waals surface area contributed by atoms with Crippen molar-refractivity contribution in [3.63, 3.8) is 0 Å². The first-order chi connectivity index (χ1) is 7.61. The van der Waals surface area contributed by atoms with Crippen LogP contribution in [-0.2, 0) is 4.79 Å². The standard InChI is InChI=1S/C13H17NOS/c1-9(2)14-12(15)10(3)16-13(14)11-7-5-4-6-8-11/h4-10,13H,1-3H3/t10-,13+/m1/s1. The Labute approximate surface area is 101 Å². The third-order valence-corrected chi connectivity index (χ3v) is 4.20. The van der Waals surface area contributed by atoms with E-state index in [0.717, 1.165) is 0 Å². The number of carbonyl (C=O) groups excluding carboxylic acids is 1. The van der Waals surface area contributed by atoms with Crippen molar-refractivity contribution in [3.8, 4) is 0 Å². The molecule has 0 N–H and O–H groups in total. The largest absolute Gasteiger partial charge is 0.323 e. The molecule has 1 aromatic rings. The lowest BCUT2D eigenvalue weighted by Gasteiger charge is -2.27. The second-order valence-corrected chi connectivity index (χ2v) is 5.81. The molecule has 0 aromatic heterocycles. The summed E-state index contributed by atoms with van der Waals surface area (Å²) in [6, 6.07) is 10.5. The van der Waals surface area contributed by atoms with Gasteiger partial charge in [0.1, 0.15) is 5.37 Å². The van der Waals surface area contributed by atoms with Gasteiger partial charge in [0, 0.05) is 6.04 Å². The highest BCUT2D eigenvalue weighted by Crippen LogP contribution is 2.43. The summed E-state index contributed by atoms with van der Waals surface area (Å²) in [5.41, 5.74) is 1.22. The van der Waals surface area contributed by atoms with E-state index in [1.54, 1.807) is 11.8 Å². The lowest BCUT2D eigenvalue weighted by Crippen LogP contribution is -2.36. The normalized spacial score (nSPS) is 25.5. The molecule has 2 atom stereocenters. The monoisotopic (exact) mass is 235 g/mol. The van der Waals surface area contributed by atoms with Crippen LogP contribution >= 0.6 is 11.8 Å². The Balaban J connectivity index is 2.31. The van der Waals surface area contributed by atoms with E-state index in [0.29, 0.717) is 0 Å². The molecule has 2 nitrogen and oxygen atoms in total. The third-order valence-electron chi connectivity index (χ3n) is 2.83. The smallest absolute Gasteiger partial charge is 0.236 e. The van der Waals surface area contributed by atoms with Gasteiger partial charge in [0.15, 0.2) is 0 Å². The van der Waals surface area contributed by atoms with E-state index in [4.69, 9.17) is 0 Å². The summed E-state index contributed by atoms with van der Waals surface area (Å²) < 4.78 is 0. The zero-order chi connectivity index (χ0) is 11.7. The van der Waals surface area contributed by atoms with Crippen LogP contribution in [0.3, 0.4) is 0 Å².